The van der Waals surface area contributed by atoms with E-state index < -0.39 is 10.0 Å². The van der Waals surface area contributed by atoms with Crippen molar-refractivity contribution >= 4 is 21.6 Å². The molecule has 3 rings (SSSR count). The summed E-state index contributed by atoms with van der Waals surface area (Å²) in [6.45, 7) is 1.95. The molecule has 6 nitrogen and oxygen atoms in total. The standard InChI is InChI=1S/C21H27N3O3S/c25-21(17-22-16-18-8-4-3-5-9-18)23-19-10-12-20(13-11-19)28(26,27)24-14-6-1-2-7-15-24/h3-5,8-13,22H,1-2,6-7,14-17H2,(H,23,25). The molecular weight excluding hydrogens is 374 g/mol. The number of sulfonamides is 1. The van der Waals surface area contributed by atoms with Gasteiger partial charge in [-0.3, -0.25) is 4.79 Å². The Balaban J connectivity index is 1.52. The molecule has 0 atom stereocenters. The molecule has 0 spiro atoms. The first-order valence-corrected chi connectivity index (χ1v) is 11.1. The second-order valence-corrected chi connectivity index (χ2v) is 8.92. The maximum Gasteiger partial charge on any atom is 0.243 e. The Bertz CT molecular complexity index is 860. The highest BCUT2D eigenvalue weighted by Crippen LogP contribution is 2.21. The molecule has 2 N–H and O–H groups in total. The van der Waals surface area contributed by atoms with Crippen LogP contribution in [0.5, 0.6) is 0 Å². The maximum atomic E-state index is 12.8. The van der Waals surface area contributed by atoms with Crippen LogP contribution in [0.4, 0.5) is 5.69 Å². The first-order chi connectivity index (χ1) is 13.6. The molecule has 2 aromatic carbocycles. The number of hydrogen-bond donors (Lipinski definition) is 2. The van der Waals surface area contributed by atoms with Gasteiger partial charge in [0.2, 0.25) is 15.9 Å². The Kier molecular flexibility index (Phi) is 7.19. The minimum absolute atomic E-state index is 0.168. The molecule has 1 heterocycles. The summed E-state index contributed by atoms with van der Waals surface area (Å²) in [5, 5.41) is 5.88. The van der Waals surface area contributed by atoms with Crippen molar-refractivity contribution < 1.29 is 13.2 Å². The Morgan fingerprint density at radius 3 is 2.18 bits per heavy atom. The number of anilines is 1. The van der Waals surface area contributed by atoms with Crippen molar-refractivity contribution in [2.75, 3.05) is 25.0 Å². The van der Waals surface area contributed by atoms with E-state index in [1.165, 1.54) is 0 Å². The van der Waals surface area contributed by atoms with Crippen LogP contribution >= 0.6 is 0 Å². The molecule has 1 aliphatic heterocycles. The quantitative estimate of drug-likeness (QED) is 0.748. The SMILES string of the molecule is O=C(CNCc1ccccc1)Nc1ccc(S(=O)(=O)N2CCCCCC2)cc1. The van der Waals surface area contributed by atoms with Crippen LogP contribution in [-0.2, 0) is 21.4 Å². The topological polar surface area (TPSA) is 78.5 Å². The van der Waals surface area contributed by atoms with Gasteiger partial charge < -0.3 is 10.6 Å². The average molecular weight is 402 g/mol. The van der Waals surface area contributed by atoms with Crippen molar-refractivity contribution in [2.24, 2.45) is 0 Å². The Hall–Kier alpha value is -2.22. The molecule has 1 fully saturated rings. The van der Waals surface area contributed by atoms with E-state index in [-0.39, 0.29) is 17.3 Å². The zero-order valence-corrected chi connectivity index (χ0v) is 16.7. The Morgan fingerprint density at radius 2 is 1.54 bits per heavy atom. The van der Waals surface area contributed by atoms with Crippen LogP contribution in [0.25, 0.3) is 0 Å². The van der Waals surface area contributed by atoms with Crippen LogP contribution in [-0.4, -0.2) is 38.3 Å². The minimum Gasteiger partial charge on any atom is -0.325 e. The molecule has 0 bridgehead atoms. The molecule has 0 aliphatic carbocycles. The lowest BCUT2D eigenvalue weighted by atomic mass is 10.2. The number of amides is 1. The zero-order chi connectivity index (χ0) is 19.8. The summed E-state index contributed by atoms with van der Waals surface area (Å²) in [5.74, 6) is -0.168. The molecule has 7 heteroatoms. The van der Waals surface area contributed by atoms with Gasteiger partial charge in [-0.25, -0.2) is 8.42 Å². The molecule has 150 valence electrons. The van der Waals surface area contributed by atoms with Crippen molar-refractivity contribution in [2.45, 2.75) is 37.1 Å². The number of carbonyl (C=O) groups excluding carboxylic acids is 1. The van der Waals surface area contributed by atoms with Crippen molar-refractivity contribution in [3.8, 4) is 0 Å². The van der Waals surface area contributed by atoms with Gasteiger partial charge in [0.05, 0.1) is 11.4 Å². The summed E-state index contributed by atoms with van der Waals surface area (Å²) in [4.78, 5) is 12.3. The Morgan fingerprint density at radius 1 is 0.893 bits per heavy atom. The van der Waals surface area contributed by atoms with Gasteiger partial charge in [-0.05, 0) is 42.7 Å². The first-order valence-electron chi connectivity index (χ1n) is 9.70. The molecule has 0 radical (unpaired) electrons. The van der Waals surface area contributed by atoms with E-state index in [1.807, 2.05) is 30.3 Å². The van der Waals surface area contributed by atoms with Crippen molar-refractivity contribution in [1.29, 1.82) is 0 Å². The first kappa shape index (κ1) is 20.5. The van der Waals surface area contributed by atoms with Gasteiger partial charge in [-0.15, -0.1) is 0 Å². The normalized spacial score (nSPS) is 15.7. The van der Waals surface area contributed by atoms with Crippen LogP contribution < -0.4 is 10.6 Å². The van der Waals surface area contributed by atoms with Crippen LogP contribution in [0.15, 0.2) is 59.5 Å². The second-order valence-electron chi connectivity index (χ2n) is 6.98. The molecule has 28 heavy (non-hydrogen) atoms. The molecule has 0 unspecified atom stereocenters. The smallest absolute Gasteiger partial charge is 0.243 e. The highest BCUT2D eigenvalue weighted by molar-refractivity contribution is 7.89. The fourth-order valence-electron chi connectivity index (χ4n) is 3.26. The zero-order valence-electron chi connectivity index (χ0n) is 15.9. The highest BCUT2D eigenvalue weighted by atomic mass is 32.2. The Labute approximate surface area is 167 Å². The summed E-state index contributed by atoms with van der Waals surface area (Å²) in [6, 6.07) is 16.3. The van der Waals surface area contributed by atoms with Crippen LogP contribution in [0.1, 0.15) is 31.2 Å². The van der Waals surface area contributed by atoms with Gasteiger partial charge in [0.25, 0.3) is 0 Å². The minimum atomic E-state index is -3.47. The van der Waals surface area contributed by atoms with Crippen LogP contribution in [0.2, 0.25) is 0 Å². The molecule has 1 amide bonds. The van der Waals surface area contributed by atoms with E-state index >= 15 is 0 Å². The summed E-state index contributed by atoms with van der Waals surface area (Å²) in [5.41, 5.74) is 1.69. The molecule has 1 saturated heterocycles. The van der Waals surface area contributed by atoms with Gasteiger partial charge in [-0.2, -0.15) is 4.31 Å². The number of benzene rings is 2. The second kappa shape index (κ2) is 9.82. The number of nitrogens with zero attached hydrogens (tertiary/aromatic N) is 1. The van der Waals surface area contributed by atoms with E-state index in [2.05, 4.69) is 10.6 Å². The molecule has 0 aromatic heterocycles. The van der Waals surface area contributed by atoms with E-state index in [0.717, 1.165) is 31.2 Å². The number of hydrogen-bond acceptors (Lipinski definition) is 4. The summed E-state index contributed by atoms with van der Waals surface area (Å²) in [6.07, 6.45) is 3.97. The summed E-state index contributed by atoms with van der Waals surface area (Å²) < 4.78 is 27.1. The van der Waals surface area contributed by atoms with Crippen molar-refractivity contribution in [1.82, 2.24) is 9.62 Å². The van der Waals surface area contributed by atoms with Crippen LogP contribution in [0.3, 0.4) is 0 Å². The van der Waals surface area contributed by atoms with E-state index in [9.17, 15) is 13.2 Å². The molecule has 1 aliphatic rings. The molecule has 0 saturated carbocycles. The number of nitrogens with one attached hydrogen (secondary N) is 2. The van der Waals surface area contributed by atoms with Gasteiger partial charge in [0, 0.05) is 25.3 Å². The van der Waals surface area contributed by atoms with Crippen molar-refractivity contribution in [3.63, 3.8) is 0 Å². The maximum absolute atomic E-state index is 12.8. The largest absolute Gasteiger partial charge is 0.325 e. The number of carbonyl (C=O) groups is 1. The predicted molar refractivity (Wildman–Crippen MR) is 110 cm³/mol. The van der Waals surface area contributed by atoms with E-state index in [4.69, 9.17) is 0 Å². The van der Waals surface area contributed by atoms with Gasteiger partial charge in [-0.1, -0.05) is 43.2 Å². The number of rotatable bonds is 7. The molecular formula is C21H27N3O3S. The van der Waals surface area contributed by atoms with Crippen LogP contribution in [0, 0.1) is 0 Å². The third kappa shape index (κ3) is 5.64. The monoisotopic (exact) mass is 401 g/mol. The van der Waals surface area contributed by atoms with E-state index in [0.29, 0.717) is 25.3 Å². The lowest BCUT2D eigenvalue weighted by molar-refractivity contribution is -0.115. The van der Waals surface area contributed by atoms with E-state index in [1.54, 1.807) is 28.6 Å². The molecule has 2 aromatic rings. The lowest BCUT2D eigenvalue weighted by Gasteiger charge is -2.20. The summed E-state index contributed by atoms with van der Waals surface area (Å²) in [7, 11) is -3.47. The van der Waals surface area contributed by atoms with Gasteiger partial charge in [0.1, 0.15) is 0 Å². The van der Waals surface area contributed by atoms with Gasteiger partial charge >= 0.3 is 0 Å². The average Bonchev–Trinajstić information content (AvgIpc) is 2.99. The fourth-order valence-corrected chi connectivity index (χ4v) is 4.78. The predicted octanol–water partition coefficient (Wildman–Crippen LogP) is 2.98. The van der Waals surface area contributed by atoms with Crippen molar-refractivity contribution in [3.05, 3.63) is 60.2 Å². The lowest BCUT2D eigenvalue weighted by Crippen LogP contribution is -2.32. The highest BCUT2D eigenvalue weighted by Gasteiger charge is 2.24. The fraction of sp³-hybridized carbons (Fsp3) is 0.381. The summed E-state index contributed by atoms with van der Waals surface area (Å²) >= 11 is 0. The third-order valence-corrected chi connectivity index (χ3v) is 6.71. The third-order valence-electron chi connectivity index (χ3n) is 4.80. The van der Waals surface area contributed by atoms with Gasteiger partial charge in [0.15, 0.2) is 0 Å².